The smallest absolute Gasteiger partial charge is 0.243 e. The maximum absolute atomic E-state index is 11.8. The Morgan fingerprint density at radius 2 is 2.15 bits per heavy atom. The van der Waals surface area contributed by atoms with Crippen molar-refractivity contribution in [2.75, 3.05) is 39.4 Å². The van der Waals surface area contributed by atoms with Crippen LogP contribution in [0.15, 0.2) is 18.2 Å². The van der Waals surface area contributed by atoms with E-state index in [1.54, 1.807) is 18.2 Å². The number of aliphatic hydroxyl groups excluding tert-OH is 1. The number of hydrogen-bond acceptors (Lipinski definition) is 6. The third-order valence-electron chi connectivity index (χ3n) is 2.46. The van der Waals surface area contributed by atoms with Crippen molar-refractivity contribution in [1.29, 1.82) is 0 Å². The molecular formula is C13H20N2O5. The fourth-order valence-electron chi connectivity index (χ4n) is 1.51. The summed E-state index contributed by atoms with van der Waals surface area (Å²) in [4.78, 5) is 11.8. The van der Waals surface area contributed by atoms with Crippen molar-refractivity contribution in [1.82, 2.24) is 0 Å². The summed E-state index contributed by atoms with van der Waals surface area (Å²) < 4.78 is 15.3. The molecule has 0 aliphatic carbocycles. The van der Waals surface area contributed by atoms with E-state index in [4.69, 9.17) is 25.1 Å². The van der Waals surface area contributed by atoms with Crippen molar-refractivity contribution >= 4 is 11.6 Å². The molecule has 1 amide bonds. The quantitative estimate of drug-likeness (QED) is 0.620. The van der Waals surface area contributed by atoms with E-state index in [0.29, 0.717) is 17.2 Å². The molecule has 1 aromatic rings. The van der Waals surface area contributed by atoms with E-state index >= 15 is 0 Å². The molecule has 0 saturated carbocycles. The number of anilines is 1. The Labute approximate surface area is 117 Å². The Balaban J connectivity index is 2.77. The molecule has 0 aliphatic rings. The van der Waals surface area contributed by atoms with Gasteiger partial charge in [-0.05, 0) is 12.1 Å². The average Bonchev–Trinajstić information content (AvgIpc) is 2.45. The van der Waals surface area contributed by atoms with E-state index in [-0.39, 0.29) is 25.7 Å². The summed E-state index contributed by atoms with van der Waals surface area (Å²) in [7, 11) is 2.98. The van der Waals surface area contributed by atoms with E-state index in [1.807, 2.05) is 0 Å². The number of carbonyl (C=O) groups is 1. The van der Waals surface area contributed by atoms with Crippen molar-refractivity contribution in [3.8, 4) is 11.5 Å². The molecule has 0 aliphatic heterocycles. The summed E-state index contributed by atoms with van der Waals surface area (Å²) in [6.07, 6.45) is 0. The molecule has 0 heterocycles. The highest BCUT2D eigenvalue weighted by atomic mass is 16.5. The average molecular weight is 284 g/mol. The number of nitrogens with one attached hydrogen (secondary N) is 1. The molecule has 1 aromatic carbocycles. The second-order valence-electron chi connectivity index (χ2n) is 3.99. The molecular weight excluding hydrogens is 264 g/mol. The van der Waals surface area contributed by atoms with Crippen LogP contribution in [0.3, 0.4) is 0 Å². The normalized spacial score (nSPS) is 11.8. The predicted molar refractivity (Wildman–Crippen MR) is 74.1 cm³/mol. The van der Waals surface area contributed by atoms with Gasteiger partial charge in [0.1, 0.15) is 12.6 Å². The molecule has 1 unspecified atom stereocenters. The molecule has 1 rings (SSSR count). The van der Waals surface area contributed by atoms with Crippen LogP contribution < -0.4 is 20.5 Å². The Hall–Kier alpha value is -1.83. The molecule has 20 heavy (non-hydrogen) atoms. The number of rotatable bonds is 8. The minimum absolute atomic E-state index is 0.113. The molecule has 0 saturated heterocycles. The molecule has 0 fully saturated rings. The lowest BCUT2D eigenvalue weighted by Gasteiger charge is -2.14. The van der Waals surface area contributed by atoms with Gasteiger partial charge in [0, 0.05) is 18.9 Å². The monoisotopic (exact) mass is 284 g/mol. The molecule has 112 valence electrons. The topological polar surface area (TPSA) is 103 Å². The minimum atomic E-state index is -0.746. The van der Waals surface area contributed by atoms with Gasteiger partial charge in [-0.1, -0.05) is 0 Å². The van der Waals surface area contributed by atoms with Crippen LogP contribution in [0, 0.1) is 0 Å². The molecule has 0 spiro atoms. The number of hydrogen-bond donors (Lipinski definition) is 3. The number of ether oxygens (including phenoxy) is 3. The van der Waals surface area contributed by atoms with Crippen LogP contribution in [0.5, 0.6) is 11.5 Å². The van der Waals surface area contributed by atoms with Gasteiger partial charge in [-0.25, -0.2) is 0 Å². The first-order valence-corrected chi connectivity index (χ1v) is 6.09. The molecule has 0 aromatic heterocycles. The van der Waals surface area contributed by atoms with E-state index < -0.39 is 6.04 Å². The van der Waals surface area contributed by atoms with Gasteiger partial charge in [-0.3, -0.25) is 4.79 Å². The van der Waals surface area contributed by atoms with Crippen molar-refractivity contribution in [3.05, 3.63) is 18.2 Å². The summed E-state index contributed by atoms with van der Waals surface area (Å²) in [5.74, 6) is 0.586. The van der Waals surface area contributed by atoms with Crippen LogP contribution >= 0.6 is 0 Å². The Bertz CT molecular complexity index is 439. The van der Waals surface area contributed by atoms with Crippen LogP contribution in [0.25, 0.3) is 0 Å². The Kier molecular flexibility index (Phi) is 6.78. The Morgan fingerprint density at radius 3 is 2.75 bits per heavy atom. The summed E-state index contributed by atoms with van der Waals surface area (Å²) in [5, 5.41) is 11.4. The van der Waals surface area contributed by atoms with Gasteiger partial charge in [0.15, 0.2) is 11.5 Å². The molecule has 7 heteroatoms. The lowest BCUT2D eigenvalue weighted by molar-refractivity contribution is -0.118. The fourth-order valence-corrected chi connectivity index (χ4v) is 1.51. The molecule has 4 N–H and O–H groups in total. The summed E-state index contributed by atoms with van der Waals surface area (Å²) in [6, 6.07) is 4.18. The second kappa shape index (κ2) is 8.36. The van der Waals surface area contributed by atoms with Crippen LogP contribution in [0.4, 0.5) is 5.69 Å². The van der Waals surface area contributed by atoms with Gasteiger partial charge in [-0.15, -0.1) is 0 Å². The lowest BCUT2D eigenvalue weighted by atomic mass is 10.2. The minimum Gasteiger partial charge on any atom is -0.493 e. The van der Waals surface area contributed by atoms with E-state index in [0.717, 1.165) is 0 Å². The summed E-state index contributed by atoms with van der Waals surface area (Å²) >= 11 is 0. The van der Waals surface area contributed by atoms with Crippen LogP contribution in [0.1, 0.15) is 0 Å². The van der Waals surface area contributed by atoms with Gasteiger partial charge < -0.3 is 30.4 Å². The van der Waals surface area contributed by atoms with Gasteiger partial charge in [0.2, 0.25) is 5.91 Å². The first-order chi connectivity index (χ1) is 9.62. The Morgan fingerprint density at radius 1 is 1.40 bits per heavy atom. The molecule has 7 nitrogen and oxygen atoms in total. The maximum atomic E-state index is 11.8. The highest BCUT2D eigenvalue weighted by Gasteiger charge is 2.14. The molecule has 0 bridgehead atoms. The van der Waals surface area contributed by atoms with Crippen molar-refractivity contribution in [2.24, 2.45) is 5.73 Å². The number of methoxy groups -OCH3 is 2. The SMILES string of the molecule is COCC(N)C(=O)Nc1ccc(OC)c(OCCO)c1. The predicted octanol–water partition coefficient (Wildman–Crippen LogP) is -0.0215. The third kappa shape index (κ3) is 4.69. The van der Waals surface area contributed by atoms with Crippen LogP contribution in [-0.2, 0) is 9.53 Å². The van der Waals surface area contributed by atoms with Gasteiger partial charge in [0.05, 0.1) is 20.3 Å². The zero-order valence-corrected chi connectivity index (χ0v) is 11.6. The number of carbonyl (C=O) groups excluding carboxylic acids is 1. The van der Waals surface area contributed by atoms with Crippen LogP contribution in [0.2, 0.25) is 0 Å². The fraction of sp³-hybridized carbons (Fsp3) is 0.462. The van der Waals surface area contributed by atoms with Gasteiger partial charge in [-0.2, -0.15) is 0 Å². The van der Waals surface area contributed by atoms with E-state index in [2.05, 4.69) is 5.32 Å². The zero-order chi connectivity index (χ0) is 15.0. The highest BCUT2D eigenvalue weighted by Crippen LogP contribution is 2.30. The molecule has 1 atom stereocenters. The first-order valence-electron chi connectivity index (χ1n) is 6.09. The number of amides is 1. The summed E-state index contributed by atoms with van der Waals surface area (Å²) in [5.41, 5.74) is 6.15. The van der Waals surface area contributed by atoms with E-state index in [1.165, 1.54) is 14.2 Å². The third-order valence-corrected chi connectivity index (χ3v) is 2.46. The van der Waals surface area contributed by atoms with E-state index in [9.17, 15) is 4.79 Å². The standard InChI is InChI=1S/C13H20N2O5/c1-18-8-10(14)13(17)15-9-3-4-11(19-2)12(7-9)20-6-5-16/h3-4,7,10,16H,5-6,8,14H2,1-2H3,(H,15,17). The number of nitrogens with two attached hydrogens (primary N) is 1. The highest BCUT2D eigenvalue weighted by molar-refractivity contribution is 5.95. The van der Waals surface area contributed by atoms with Crippen molar-refractivity contribution in [2.45, 2.75) is 6.04 Å². The van der Waals surface area contributed by atoms with Crippen LogP contribution in [-0.4, -0.2) is 51.1 Å². The van der Waals surface area contributed by atoms with Gasteiger partial charge >= 0.3 is 0 Å². The maximum Gasteiger partial charge on any atom is 0.243 e. The molecule has 0 radical (unpaired) electrons. The largest absolute Gasteiger partial charge is 0.493 e. The van der Waals surface area contributed by atoms with Crippen molar-refractivity contribution in [3.63, 3.8) is 0 Å². The van der Waals surface area contributed by atoms with Crippen molar-refractivity contribution < 1.29 is 24.1 Å². The number of aliphatic hydroxyl groups is 1. The zero-order valence-electron chi connectivity index (χ0n) is 11.6. The number of benzene rings is 1. The van der Waals surface area contributed by atoms with Gasteiger partial charge in [0.25, 0.3) is 0 Å². The summed E-state index contributed by atoms with van der Waals surface area (Å²) in [6.45, 7) is 0.158. The first kappa shape index (κ1) is 16.2. The lowest BCUT2D eigenvalue weighted by Crippen LogP contribution is -2.39. The second-order valence-corrected chi connectivity index (χ2v) is 3.99.